The van der Waals surface area contributed by atoms with E-state index in [2.05, 4.69) is 5.32 Å². The van der Waals surface area contributed by atoms with Crippen LogP contribution in [0.5, 0.6) is 0 Å². The number of nitrogens with zero attached hydrogens (tertiary/aromatic N) is 1. The topological polar surface area (TPSA) is 86.7 Å². The van der Waals surface area contributed by atoms with Crippen molar-refractivity contribution < 1.29 is 19.5 Å². The number of carbonyl (C=O) groups is 3. The normalized spacial score (nSPS) is 19.4. The summed E-state index contributed by atoms with van der Waals surface area (Å²) in [6.45, 7) is 3.71. The van der Waals surface area contributed by atoms with Gasteiger partial charge in [0.05, 0.1) is 0 Å². The summed E-state index contributed by atoms with van der Waals surface area (Å²) >= 11 is 0. The molecule has 22 heavy (non-hydrogen) atoms. The Morgan fingerprint density at radius 3 is 2.59 bits per heavy atom. The zero-order chi connectivity index (χ0) is 16.3. The molecule has 0 bridgehead atoms. The summed E-state index contributed by atoms with van der Waals surface area (Å²) in [5, 5.41) is 11.6. The van der Waals surface area contributed by atoms with Gasteiger partial charge in [0.15, 0.2) is 0 Å². The molecule has 0 saturated heterocycles. The van der Waals surface area contributed by atoms with E-state index in [-0.39, 0.29) is 24.3 Å². The molecule has 6 heteroatoms. The molecule has 1 fully saturated rings. The summed E-state index contributed by atoms with van der Waals surface area (Å²) < 4.78 is 0. The van der Waals surface area contributed by atoms with Crippen LogP contribution in [0.2, 0.25) is 0 Å². The van der Waals surface area contributed by atoms with E-state index >= 15 is 0 Å². The SMILES string of the molecule is CCN(CC(=O)O)C(=O)c1cccc(NC(=O)C2CC2C)c1. The van der Waals surface area contributed by atoms with Gasteiger partial charge < -0.3 is 15.3 Å². The Labute approximate surface area is 129 Å². The average molecular weight is 304 g/mol. The van der Waals surface area contributed by atoms with Crippen molar-refractivity contribution in [1.82, 2.24) is 4.90 Å². The molecule has 2 amide bonds. The molecule has 1 aromatic rings. The minimum absolute atomic E-state index is 0.0324. The zero-order valence-electron chi connectivity index (χ0n) is 12.7. The largest absolute Gasteiger partial charge is 0.480 e. The van der Waals surface area contributed by atoms with E-state index in [1.165, 1.54) is 4.90 Å². The van der Waals surface area contributed by atoms with Crippen molar-refractivity contribution in [3.05, 3.63) is 29.8 Å². The van der Waals surface area contributed by atoms with Crippen LogP contribution in [-0.4, -0.2) is 40.9 Å². The van der Waals surface area contributed by atoms with Gasteiger partial charge in [0.1, 0.15) is 6.54 Å². The maximum atomic E-state index is 12.3. The first-order chi connectivity index (χ1) is 10.4. The molecule has 2 N–H and O–H groups in total. The summed E-state index contributed by atoms with van der Waals surface area (Å²) in [7, 11) is 0. The highest BCUT2D eigenvalue weighted by molar-refractivity contribution is 5.99. The van der Waals surface area contributed by atoms with E-state index in [0.29, 0.717) is 23.7 Å². The van der Waals surface area contributed by atoms with Gasteiger partial charge in [0, 0.05) is 23.7 Å². The number of hydrogen-bond acceptors (Lipinski definition) is 3. The van der Waals surface area contributed by atoms with E-state index in [0.717, 1.165) is 6.42 Å². The van der Waals surface area contributed by atoms with Crippen molar-refractivity contribution in [2.45, 2.75) is 20.3 Å². The van der Waals surface area contributed by atoms with Gasteiger partial charge in [0.2, 0.25) is 5.91 Å². The third kappa shape index (κ3) is 3.84. The monoisotopic (exact) mass is 304 g/mol. The first kappa shape index (κ1) is 16.0. The summed E-state index contributed by atoms with van der Waals surface area (Å²) in [4.78, 5) is 36.2. The van der Waals surface area contributed by atoms with Gasteiger partial charge in [-0.15, -0.1) is 0 Å². The lowest BCUT2D eigenvalue weighted by atomic mass is 10.1. The van der Waals surface area contributed by atoms with Crippen LogP contribution in [0.15, 0.2) is 24.3 Å². The van der Waals surface area contributed by atoms with Crippen LogP contribution < -0.4 is 5.32 Å². The Hall–Kier alpha value is -2.37. The second-order valence-corrected chi connectivity index (χ2v) is 5.60. The number of carbonyl (C=O) groups excluding carboxylic acids is 2. The Morgan fingerprint density at radius 1 is 1.36 bits per heavy atom. The number of hydrogen-bond donors (Lipinski definition) is 2. The number of nitrogens with one attached hydrogen (secondary N) is 1. The van der Waals surface area contributed by atoms with Gasteiger partial charge in [-0.3, -0.25) is 14.4 Å². The van der Waals surface area contributed by atoms with Crippen LogP contribution in [-0.2, 0) is 9.59 Å². The van der Waals surface area contributed by atoms with Crippen LogP contribution >= 0.6 is 0 Å². The molecule has 1 saturated carbocycles. The van der Waals surface area contributed by atoms with Crippen molar-refractivity contribution >= 4 is 23.5 Å². The average Bonchev–Trinajstić information content (AvgIpc) is 3.21. The molecule has 0 radical (unpaired) electrons. The highest BCUT2D eigenvalue weighted by Gasteiger charge is 2.39. The van der Waals surface area contributed by atoms with E-state index < -0.39 is 5.97 Å². The fourth-order valence-corrected chi connectivity index (χ4v) is 2.33. The fraction of sp³-hybridized carbons (Fsp3) is 0.438. The van der Waals surface area contributed by atoms with Gasteiger partial charge in [-0.2, -0.15) is 0 Å². The molecule has 0 aromatic heterocycles. The lowest BCUT2D eigenvalue weighted by Gasteiger charge is -2.19. The Kier molecular flexibility index (Phi) is 4.80. The quantitative estimate of drug-likeness (QED) is 0.839. The van der Waals surface area contributed by atoms with E-state index in [1.807, 2.05) is 6.92 Å². The molecule has 2 atom stereocenters. The first-order valence-corrected chi connectivity index (χ1v) is 7.34. The number of rotatable bonds is 6. The fourth-order valence-electron chi connectivity index (χ4n) is 2.33. The number of anilines is 1. The molecule has 0 heterocycles. The zero-order valence-corrected chi connectivity index (χ0v) is 12.7. The lowest BCUT2D eigenvalue weighted by Crippen LogP contribution is -2.35. The molecule has 2 rings (SSSR count). The maximum absolute atomic E-state index is 12.3. The highest BCUT2D eigenvalue weighted by atomic mass is 16.4. The van der Waals surface area contributed by atoms with Crippen LogP contribution in [0.1, 0.15) is 30.6 Å². The Morgan fingerprint density at radius 2 is 2.05 bits per heavy atom. The lowest BCUT2D eigenvalue weighted by molar-refractivity contribution is -0.137. The van der Waals surface area contributed by atoms with Gasteiger partial charge in [-0.25, -0.2) is 0 Å². The summed E-state index contributed by atoms with van der Waals surface area (Å²) in [6.07, 6.45) is 0.896. The summed E-state index contributed by atoms with van der Waals surface area (Å²) in [5.74, 6) is -0.979. The minimum atomic E-state index is -1.05. The van der Waals surface area contributed by atoms with E-state index in [9.17, 15) is 14.4 Å². The van der Waals surface area contributed by atoms with Gasteiger partial charge in [-0.05, 0) is 37.5 Å². The summed E-state index contributed by atoms with van der Waals surface area (Å²) in [6, 6.07) is 6.59. The van der Waals surface area contributed by atoms with Crippen molar-refractivity contribution in [3.8, 4) is 0 Å². The van der Waals surface area contributed by atoms with Gasteiger partial charge >= 0.3 is 5.97 Å². The summed E-state index contributed by atoms with van der Waals surface area (Å²) in [5.41, 5.74) is 0.922. The van der Waals surface area contributed by atoms with Crippen molar-refractivity contribution in [2.75, 3.05) is 18.4 Å². The van der Waals surface area contributed by atoms with E-state index in [1.54, 1.807) is 31.2 Å². The molecule has 2 unspecified atom stereocenters. The number of benzene rings is 1. The standard InChI is InChI=1S/C16H20N2O4/c1-3-18(9-14(19)20)16(22)11-5-4-6-12(8-11)17-15(21)13-7-10(13)2/h4-6,8,10,13H,3,7,9H2,1-2H3,(H,17,21)(H,19,20). The number of likely N-dealkylation sites (N-methyl/N-ethyl adjacent to an activating group) is 1. The number of aliphatic carboxylic acids is 1. The van der Waals surface area contributed by atoms with Crippen LogP contribution in [0.3, 0.4) is 0 Å². The van der Waals surface area contributed by atoms with Crippen LogP contribution in [0.25, 0.3) is 0 Å². The minimum Gasteiger partial charge on any atom is -0.480 e. The molecule has 0 spiro atoms. The molecule has 118 valence electrons. The number of carboxylic acids is 1. The Balaban J connectivity index is 2.08. The molecule has 1 aliphatic carbocycles. The molecule has 6 nitrogen and oxygen atoms in total. The third-order valence-corrected chi connectivity index (χ3v) is 3.82. The molecular weight excluding hydrogens is 284 g/mol. The number of carboxylic acid groups (broad SMARTS) is 1. The van der Waals surface area contributed by atoms with Crippen molar-refractivity contribution in [3.63, 3.8) is 0 Å². The first-order valence-electron chi connectivity index (χ1n) is 7.34. The number of amides is 2. The third-order valence-electron chi connectivity index (χ3n) is 3.82. The maximum Gasteiger partial charge on any atom is 0.323 e. The molecule has 1 aliphatic rings. The van der Waals surface area contributed by atoms with Crippen molar-refractivity contribution in [1.29, 1.82) is 0 Å². The van der Waals surface area contributed by atoms with Crippen molar-refractivity contribution in [2.24, 2.45) is 11.8 Å². The van der Waals surface area contributed by atoms with Crippen LogP contribution in [0, 0.1) is 11.8 Å². The smallest absolute Gasteiger partial charge is 0.323 e. The van der Waals surface area contributed by atoms with E-state index in [4.69, 9.17) is 5.11 Å². The van der Waals surface area contributed by atoms with Gasteiger partial charge in [-0.1, -0.05) is 13.0 Å². The second-order valence-electron chi connectivity index (χ2n) is 5.60. The Bertz CT molecular complexity index is 600. The van der Waals surface area contributed by atoms with Gasteiger partial charge in [0.25, 0.3) is 5.91 Å². The predicted octanol–water partition coefficient (Wildman–Crippen LogP) is 1.83. The predicted molar refractivity (Wildman–Crippen MR) is 81.6 cm³/mol. The molecule has 1 aromatic carbocycles. The molecular formula is C16H20N2O4. The highest BCUT2D eigenvalue weighted by Crippen LogP contribution is 2.38. The molecule has 0 aliphatic heterocycles. The van der Waals surface area contributed by atoms with Crippen LogP contribution in [0.4, 0.5) is 5.69 Å². The second kappa shape index (κ2) is 6.60.